The van der Waals surface area contributed by atoms with Crippen molar-refractivity contribution in [2.24, 2.45) is 0 Å². The summed E-state index contributed by atoms with van der Waals surface area (Å²) in [7, 11) is 0. The highest BCUT2D eigenvalue weighted by Gasteiger charge is 2.29. The molecule has 1 saturated heterocycles. The molecule has 1 aliphatic rings. The van der Waals surface area contributed by atoms with Gasteiger partial charge in [-0.15, -0.1) is 5.10 Å². The summed E-state index contributed by atoms with van der Waals surface area (Å²) in [5, 5.41) is 14.7. The highest BCUT2D eigenvalue weighted by Crippen LogP contribution is 2.26. The summed E-state index contributed by atoms with van der Waals surface area (Å²) in [6.45, 7) is 11.9. The Labute approximate surface area is 120 Å². The molecule has 1 aromatic rings. The molecular weight excluding hydrogens is 256 g/mol. The van der Waals surface area contributed by atoms with E-state index in [2.05, 4.69) is 55.4 Å². The fourth-order valence-corrected chi connectivity index (χ4v) is 2.25. The van der Waals surface area contributed by atoms with Gasteiger partial charge >= 0.3 is 6.01 Å². The topological polar surface area (TPSA) is 72.2 Å². The Morgan fingerprint density at radius 3 is 2.70 bits per heavy atom. The number of ether oxygens (including phenoxy) is 1. The molecule has 0 spiro atoms. The maximum Gasteiger partial charge on any atom is 0.315 e. The Bertz CT molecular complexity index is 437. The first-order valence-corrected chi connectivity index (χ1v) is 7.21. The van der Waals surface area contributed by atoms with Crippen molar-refractivity contribution in [3.05, 3.63) is 5.89 Å². The largest absolute Gasteiger partial charge is 0.407 e. The van der Waals surface area contributed by atoms with Crippen LogP contribution in [0.3, 0.4) is 0 Å². The highest BCUT2D eigenvalue weighted by atomic mass is 16.5. The minimum atomic E-state index is -0.0907. The standard InChI is InChI=1S/C14H26N4O2/c1-13(2,3)15-9-11-17-18-12(20-11)16-10-6-7-19-14(4,5)8-10/h10,15H,6-9H2,1-5H3,(H,16,18). The Balaban J connectivity index is 1.86. The lowest BCUT2D eigenvalue weighted by molar-refractivity contribution is -0.0555. The van der Waals surface area contributed by atoms with Gasteiger partial charge in [0.25, 0.3) is 0 Å². The van der Waals surface area contributed by atoms with E-state index < -0.39 is 0 Å². The summed E-state index contributed by atoms with van der Waals surface area (Å²) in [4.78, 5) is 0. The van der Waals surface area contributed by atoms with Gasteiger partial charge in [-0.1, -0.05) is 5.10 Å². The molecule has 1 unspecified atom stereocenters. The van der Waals surface area contributed by atoms with E-state index in [1.807, 2.05) is 0 Å². The normalized spacial score (nSPS) is 22.8. The Morgan fingerprint density at radius 2 is 2.05 bits per heavy atom. The predicted molar refractivity (Wildman–Crippen MR) is 77.6 cm³/mol. The molecule has 1 fully saturated rings. The minimum Gasteiger partial charge on any atom is -0.407 e. The van der Waals surface area contributed by atoms with Gasteiger partial charge in [-0.05, 0) is 47.5 Å². The summed E-state index contributed by atoms with van der Waals surface area (Å²) >= 11 is 0. The molecule has 1 atom stereocenters. The molecule has 0 saturated carbocycles. The quantitative estimate of drug-likeness (QED) is 0.883. The van der Waals surface area contributed by atoms with Crippen LogP contribution in [-0.2, 0) is 11.3 Å². The first-order chi connectivity index (χ1) is 9.23. The second-order valence-corrected chi connectivity index (χ2v) is 7.05. The highest BCUT2D eigenvalue weighted by molar-refractivity contribution is 5.20. The zero-order chi connectivity index (χ0) is 14.8. The lowest BCUT2D eigenvalue weighted by Crippen LogP contribution is -2.40. The van der Waals surface area contributed by atoms with Crippen LogP contribution >= 0.6 is 0 Å². The first kappa shape index (κ1) is 15.3. The number of hydrogen-bond donors (Lipinski definition) is 2. The van der Waals surface area contributed by atoms with Crippen LogP contribution in [0, 0.1) is 0 Å². The van der Waals surface area contributed by atoms with Crippen molar-refractivity contribution >= 4 is 6.01 Å². The fraction of sp³-hybridized carbons (Fsp3) is 0.857. The van der Waals surface area contributed by atoms with Crippen LogP contribution in [0.2, 0.25) is 0 Å². The van der Waals surface area contributed by atoms with E-state index in [9.17, 15) is 0 Å². The molecule has 114 valence electrons. The first-order valence-electron chi connectivity index (χ1n) is 7.21. The van der Waals surface area contributed by atoms with Crippen LogP contribution < -0.4 is 10.6 Å². The Hall–Kier alpha value is -1.14. The molecule has 20 heavy (non-hydrogen) atoms. The van der Waals surface area contributed by atoms with Crippen LogP contribution in [0.5, 0.6) is 0 Å². The number of nitrogens with zero attached hydrogens (tertiary/aromatic N) is 2. The summed E-state index contributed by atoms with van der Waals surface area (Å²) in [6, 6.07) is 0.820. The molecule has 0 amide bonds. The van der Waals surface area contributed by atoms with E-state index in [0.717, 1.165) is 19.4 Å². The van der Waals surface area contributed by atoms with Gasteiger partial charge in [-0.25, -0.2) is 0 Å². The molecule has 0 aromatic carbocycles. The summed E-state index contributed by atoms with van der Waals surface area (Å²) in [6.07, 6.45) is 1.90. The van der Waals surface area contributed by atoms with Crippen LogP contribution in [-0.4, -0.2) is 34.0 Å². The molecule has 6 heteroatoms. The smallest absolute Gasteiger partial charge is 0.315 e. The predicted octanol–water partition coefficient (Wildman–Crippen LogP) is 2.33. The van der Waals surface area contributed by atoms with E-state index in [1.165, 1.54) is 0 Å². The molecule has 2 heterocycles. The number of anilines is 1. The van der Waals surface area contributed by atoms with E-state index in [4.69, 9.17) is 9.15 Å². The molecule has 1 aromatic heterocycles. The van der Waals surface area contributed by atoms with Gasteiger partial charge in [0.2, 0.25) is 5.89 Å². The third-order valence-electron chi connectivity index (χ3n) is 3.26. The van der Waals surface area contributed by atoms with Crippen molar-refractivity contribution in [1.82, 2.24) is 15.5 Å². The Morgan fingerprint density at radius 1 is 1.30 bits per heavy atom. The molecule has 0 radical (unpaired) electrons. The van der Waals surface area contributed by atoms with Crippen LogP contribution in [0.1, 0.15) is 53.4 Å². The lowest BCUT2D eigenvalue weighted by Gasteiger charge is -2.35. The Kier molecular flexibility index (Phi) is 4.34. The number of nitrogens with one attached hydrogen (secondary N) is 2. The van der Waals surface area contributed by atoms with Crippen LogP contribution in [0.25, 0.3) is 0 Å². The summed E-state index contributed by atoms with van der Waals surface area (Å²) < 4.78 is 11.3. The molecule has 2 rings (SSSR count). The zero-order valence-electron chi connectivity index (χ0n) is 13.1. The van der Waals surface area contributed by atoms with Crippen molar-refractivity contribution in [3.63, 3.8) is 0 Å². The number of aromatic nitrogens is 2. The van der Waals surface area contributed by atoms with E-state index in [1.54, 1.807) is 0 Å². The molecule has 1 aliphatic heterocycles. The zero-order valence-corrected chi connectivity index (χ0v) is 13.1. The third-order valence-corrected chi connectivity index (χ3v) is 3.26. The van der Waals surface area contributed by atoms with Crippen molar-refractivity contribution in [3.8, 4) is 0 Å². The van der Waals surface area contributed by atoms with Crippen molar-refractivity contribution in [1.29, 1.82) is 0 Å². The van der Waals surface area contributed by atoms with Gasteiger partial charge in [-0.3, -0.25) is 0 Å². The fourth-order valence-electron chi connectivity index (χ4n) is 2.25. The second kappa shape index (κ2) is 5.69. The second-order valence-electron chi connectivity index (χ2n) is 7.05. The summed E-state index contributed by atoms with van der Waals surface area (Å²) in [5.74, 6) is 0.605. The number of hydrogen-bond acceptors (Lipinski definition) is 6. The monoisotopic (exact) mass is 282 g/mol. The molecule has 0 aliphatic carbocycles. The SMILES string of the molecule is CC(C)(C)NCc1nnc(NC2CCOC(C)(C)C2)o1. The number of rotatable bonds is 4. The van der Waals surface area contributed by atoms with Crippen LogP contribution in [0.15, 0.2) is 4.42 Å². The van der Waals surface area contributed by atoms with E-state index in [0.29, 0.717) is 24.5 Å². The van der Waals surface area contributed by atoms with Gasteiger partial charge in [0.05, 0.1) is 12.1 Å². The maximum absolute atomic E-state index is 5.70. The van der Waals surface area contributed by atoms with Gasteiger partial charge in [0, 0.05) is 18.2 Å². The van der Waals surface area contributed by atoms with E-state index in [-0.39, 0.29) is 11.1 Å². The van der Waals surface area contributed by atoms with E-state index >= 15 is 0 Å². The minimum absolute atomic E-state index is 0.0345. The molecular formula is C14H26N4O2. The van der Waals surface area contributed by atoms with Crippen molar-refractivity contribution in [2.75, 3.05) is 11.9 Å². The van der Waals surface area contributed by atoms with Crippen LogP contribution in [0.4, 0.5) is 6.01 Å². The van der Waals surface area contributed by atoms with Crippen molar-refractivity contribution < 1.29 is 9.15 Å². The van der Waals surface area contributed by atoms with Gasteiger partial charge in [0.1, 0.15) is 0 Å². The maximum atomic E-state index is 5.70. The molecule has 6 nitrogen and oxygen atoms in total. The van der Waals surface area contributed by atoms with Gasteiger partial charge in [-0.2, -0.15) is 0 Å². The average Bonchev–Trinajstić information content (AvgIpc) is 2.72. The van der Waals surface area contributed by atoms with Gasteiger partial charge in [0.15, 0.2) is 0 Å². The van der Waals surface area contributed by atoms with Crippen molar-refractivity contribution in [2.45, 2.75) is 71.2 Å². The third kappa shape index (κ3) is 4.76. The molecule has 0 bridgehead atoms. The summed E-state index contributed by atoms with van der Waals surface area (Å²) in [5.41, 5.74) is -0.0562. The van der Waals surface area contributed by atoms with Gasteiger partial charge < -0.3 is 19.8 Å². The average molecular weight is 282 g/mol. The lowest BCUT2D eigenvalue weighted by atomic mass is 9.94. The molecule has 2 N–H and O–H groups in total.